The third-order valence-electron chi connectivity index (χ3n) is 4.63. The van der Waals surface area contributed by atoms with Gasteiger partial charge in [-0.15, -0.1) is 0 Å². The summed E-state index contributed by atoms with van der Waals surface area (Å²) in [4.78, 5) is 23.9. The maximum atomic E-state index is 12.5. The van der Waals surface area contributed by atoms with E-state index in [1.165, 1.54) is 5.56 Å². The molecule has 1 aromatic carbocycles. The maximum absolute atomic E-state index is 12.5. The van der Waals surface area contributed by atoms with Gasteiger partial charge in [0.15, 0.2) is 19.0 Å². The first-order valence-corrected chi connectivity index (χ1v) is 8.69. The Bertz CT molecular complexity index is 786. The molecule has 1 aliphatic heterocycles. The first-order chi connectivity index (χ1) is 12.1. The molecule has 0 aliphatic carbocycles. The van der Waals surface area contributed by atoms with Crippen LogP contribution in [-0.2, 0) is 11.3 Å². The summed E-state index contributed by atoms with van der Waals surface area (Å²) < 4.78 is 7.19. The number of fused-ring (bicyclic) bond motifs is 1. The highest BCUT2D eigenvalue weighted by Crippen LogP contribution is 2.28. The number of anilines is 1. The van der Waals surface area contributed by atoms with E-state index in [1.807, 2.05) is 17.0 Å². The molecule has 0 spiro atoms. The van der Waals surface area contributed by atoms with Gasteiger partial charge in [0, 0.05) is 17.7 Å². The number of nitrogens with one attached hydrogen (secondary N) is 1. The molecule has 26 heavy (non-hydrogen) atoms. The van der Waals surface area contributed by atoms with E-state index in [0.717, 1.165) is 12.8 Å². The lowest BCUT2D eigenvalue weighted by atomic mass is 9.95. The van der Waals surface area contributed by atoms with Gasteiger partial charge in [0.2, 0.25) is 12.3 Å². The lowest BCUT2D eigenvalue weighted by molar-refractivity contribution is -0.683. The maximum Gasteiger partial charge on any atom is 0.262 e. The Labute approximate surface area is 159 Å². The molecule has 138 valence electrons. The summed E-state index contributed by atoms with van der Waals surface area (Å²) >= 11 is 0. The zero-order valence-electron chi connectivity index (χ0n) is 15.0. The Morgan fingerprint density at radius 2 is 1.88 bits per heavy atom. The summed E-state index contributed by atoms with van der Waals surface area (Å²) in [6.45, 7) is 4.66. The molecule has 0 fully saturated rings. The van der Waals surface area contributed by atoms with Gasteiger partial charge < -0.3 is 22.5 Å². The Kier molecular flexibility index (Phi) is 6.75. The van der Waals surface area contributed by atoms with Crippen LogP contribution in [0, 0.1) is 0 Å². The second-order valence-electron chi connectivity index (χ2n) is 6.29. The quantitative estimate of drug-likeness (QED) is 0.576. The van der Waals surface area contributed by atoms with Crippen LogP contribution < -0.4 is 27.0 Å². The van der Waals surface area contributed by atoms with Crippen LogP contribution in [0.5, 0.6) is 5.75 Å². The first-order valence-electron chi connectivity index (χ1n) is 8.69. The predicted molar refractivity (Wildman–Crippen MR) is 94.9 cm³/mol. The van der Waals surface area contributed by atoms with Crippen molar-refractivity contribution in [3.8, 4) is 5.75 Å². The Morgan fingerprint density at radius 1 is 1.19 bits per heavy atom. The summed E-state index contributed by atoms with van der Waals surface area (Å²) in [5, 5.41) is 2.73. The number of amides is 1. The average molecular weight is 375 g/mol. The van der Waals surface area contributed by atoms with Crippen LogP contribution in [-0.4, -0.2) is 18.3 Å². The number of carbonyl (C=O) groups excluding carboxylic acids is 2. The van der Waals surface area contributed by atoms with Gasteiger partial charge in [-0.1, -0.05) is 13.8 Å². The molecule has 0 unspecified atom stereocenters. The van der Waals surface area contributed by atoms with Crippen molar-refractivity contribution in [3.63, 3.8) is 0 Å². The second kappa shape index (κ2) is 8.81. The molecule has 0 bridgehead atoms. The van der Waals surface area contributed by atoms with Crippen LogP contribution >= 0.6 is 0 Å². The summed E-state index contributed by atoms with van der Waals surface area (Å²) in [7, 11) is 0. The summed E-state index contributed by atoms with van der Waals surface area (Å²) in [6.07, 6.45) is 6.13. The van der Waals surface area contributed by atoms with Crippen LogP contribution in [0.3, 0.4) is 0 Å². The number of hydrogen-bond acceptors (Lipinski definition) is 3. The number of ketones is 1. The lowest BCUT2D eigenvalue weighted by Crippen LogP contribution is -3.00. The smallest absolute Gasteiger partial charge is 0.262 e. The lowest BCUT2D eigenvalue weighted by Gasteiger charge is -2.18. The fourth-order valence-corrected chi connectivity index (χ4v) is 3.12. The minimum absolute atomic E-state index is 0. The number of carbonyl (C=O) groups is 2. The Morgan fingerprint density at radius 3 is 2.54 bits per heavy atom. The van der Waals surface area contributed by atoms with Gasteiger partial charge >= 0.3 is 0 Å². The summed E-state index contributed by atoms with van der Waals surface area (Å²) in [6, 6.07) is 9.31. The van der Waals surface area contributed by atoms with Gasteiger partial charge in [0.1, 0.15) is 5.75 Å². The number of rotatable bonds is 6. The summed E-state index contributed by atoms with van der Waals surface area (Å²) in [5.74, 6) is 0.944. The second-order valence-corrected chi connectivity index (χ2v) is 6.29. The van der Waals surface area contributed by atoms with E-state index < -0.39 is 0 Å². The number of hydrogen-bond donors (Lipinski definition) is 1. The van der Waals surface area contributed by atoms with Gasteiger partial charge in [0.05, 0.1) is 5.69 Å². The molecule has 3 rings (SSSR count). The molecule has 1 N–H and O–H groups in total. The third-order valence-corrected chi connectivity index (χ3v) is 4.63. The molecular weight excluding hydrogens is 352 g/mol. The molecule has 5 nitrogen and oxygen atoms in total. The fraction of sp³-hybridized carbons (Fsp3) is 0.350. The minimum atomic E-state index is -0.205. The standard InChI is InChI=1S/C20H22N2O3.ClH/c1-3-14(4-2)15-7-9-22(10-8-15)12-18(23)16-5-6-19-17(11-16)21-20(24)13-25-19;/h5-11,14H,3-4,12-13H2,1-2H3;1H. The molecule has 6 heteroatoms. The number of Topliss-reactive ketones (excluding diaryl/α,β-unsaturated/α-hetero) is 1. The van der Waals surface area contributed by atoms with Gasteiger partial charge in [-0.25, -0.2) is 0 Å². The minimum Gasteiger partial charge on any atom is -1.00 e. The van der Waals surface area contributed by atoms with Crippen LogP contribution in [0.25, 0.3) is 0 Å². The molecule has 0 saturated heterocycles. The number of pyridine rings is 1. The highest BCUT2D eigenvalue weighted by atomic mass is 35.5. The van der Waals surface area contributed by atoms with Crippen molar-refractivity contribution in [1.82, 2.24) is 0 Å². The van der Waals surface area contributed by atoms with E-state index in [2.05, 4.69) is 31.3 Å². The molecule has 0 saturated carbocycles. The highest BCUT2D eigenvalue weighted by molar-refractivity contribution is 6.00. The zero-order chi connectivity index (χ0) is 17.8. The number of halogens is 1. The van der Waals surface area contributed by atoms with Gasteiger partial charge in [-0.2, -0.15) is 4.57 Å². The number of nitrogens with zero attached hydrogens (tertiary/aromatic N) is 1. The molecule has 0 atom stereocenters. The molecule has 2 heterocycles. The zero-order valence-corrected chi connectivity index (χ0v) is 15.8. The Hall–Kier alpha value is -2.40. The van der Waals surface area contributed by atoms with Crippen LogP contribution in [0.1, 0.15) is 48.5 Å². The van der Waals surface area contributed by atoms with Crippen molar-refractivity contribution in [2.24, 2.45) is 0 Å². The SMILES string of the molecule is CCC(CC)c1cc[n+](CC(=O)c2ccc3c(c2)NC(=O)CO3)cc1.[Cl-]. The number of benzene rings is 1. The molecule has 1 aliphatic rings. The average Bonchev–Trinajstić information content (AvgIpc) is 2.63. The van der Waals surface area contributed by atoms with Crippen molar-refractivity contribution in [3.05, 3.63) is 53.9 Å². The normalized spacial score (nSPS) is 12.7. The highest BCUT2D eigenvalue weighted by Gasteiger charge is 2.19. The number of ether oxygens (including phenoxy) is 1. The topological polar surface area (TPSA) is 59.3 Å². The van der Waals surface area contributed by atoms with Crippen molar-refractivity contribution in [1.29, 1.82) is 0 Å². The van der Waals surface area contributed by atoms with Gasteiger partial charge in [-0.3, -0.25) is 9.59 Å². The van der Waals surface area contributed by atoms with E-state index in [0.29, 0.717) is 22.9 Å². The van der Waals surface area contributed by atoms with E-state index in [4.69, 9.17) is 4.74 Å². The van der Waals surface area contributed by atoms with Crippen molar-refractivity contribution in [2.45, 2.75) is 39.2 Å². The fourth-order valence-electron chi connectivity index (χ4n) is 3.12. The van der Waals surface area contributed by atoms with Crippen molar-refractivity contribution >= 4 is 17.4 Å². The van der Waals surface area contributed by atoms with Gasteiger partial charge in [-0.05, 0) is 42.5 Å². The molecular formula is C20H23ClN2O3. The predicted octanol–water partition coefficient (Wildman–Crippen LogP) is 0.0955. The Balaban J connectivity index is 0.00000243. The monoisotopic (exact) mass is 374 g/mol. The first kappa shape index (κ1) is 19.9. The van der Waals surface area contributed by atoms with Crippen LogP contribution in [0.15, 0.2) is 42.7 Å². The third kappa shape index (κ3) is 4.41. The van der Waals surface area contributed by atoms with Gasteiger partial charge in [0.25, 0.3) is 5.91 Å². The molecule has 1 aromatic heterocycles. The molecule has 0 radical (unpaired) electrons. The van der Waals surface area contributed by atoms with E-state index in [-0.39, 0.29) is 37.2 Å². The molecule has 1 amide bonds. The number of aromatic nitrogens is 1. The van der Waals surface area contributed by atoms with Crippen LogP contribution in [0.4, 0.5) is 5.69 Å². The van der Waals surface area contributed by atoms with E-state index in [1.54, 1.807) is 18.2 Å². The van der Waals surface area contributed by atoms with E-state index in [9.17, 15) is 9.59 Å². The van der Waals surface area contributed by atoms with Crippen LogP contribution in [0.2, 0.25) is 0 Å². The molecule has 2 aromatic rings. The largest absolute Gasteiger partial charge is 1.00 e. The summed E-state index contributed by atoms with van der Waals surface area (Å²) in [5.41, 5.74) is 2.42. The van der Waals surface area contributed by atoms with Crippen molar-refractivity contribution in [2.75, 3.05) is 11.9 Å². The van der Waals surface area contributed by atoms with Crippen molar-refractivity contribution < 1.29 is 31.3 Å². The van der Waals surface area contributed by atoms with E-state index >= 15 is 0 Å².